The molecule has 180 valence electrons. The van der Waals surface area contributed by atoms with Crippen molar-refractivity contribution in [3.05, 3.63) is 41.6 Å². The van der Waals surface area contributed by atoms with Crippen molar-refractivity contribution >= 4 is 27.4 Å². The summed E-state index contributed by atoms with van der Waals surface area (Å²) in [7, 11) is -3.28. The molecule has 0 unspecified atom stereocenters. The Morgan fingerprint density at radius 1 is 1.21 bits per heavy atom. The van der Waals surface area contributed by atoms with E-state index in [2.05, 4.69) is 11.1 Å². The van der Waals surface area contributed by atoms with Gasteiger partial charge in [0.05, 0.1) is 17.2 Å². The Morgan fingerprint density at radius 3 is 2.59 bits per heavy atom. The fraction of sp³-hybridized carbons (Fsp3) is 0.458. The quantitative estimate of drug-likeness (QED) is 0.634. The number of benzene rings is 1. The van der Waals surface area contributed by atoms with Crippen LogP contribution in [0, 0.1) is 11.3 Å². The third kappa shape index (κ3) is 5.09. The van der Waals surface area contributed by atoms with E-state index >= 15 is 0 Å². The zero-order valence-corrected chi connectivity index (χ0v) is 20.3. The van der Waals surface area contributed by atoms with Crippen LogP contribution in [0.2, 0.25) is 0 Å². The molecule has 0 saturated carbocycles. The number of carbonyl (C=O) groups excluding carboxylic acids is 1. The number of likely N-dealkylation sites (tertiary alicyclic amines) is 1. The molecule has 2 aliphatic heterocycles. The van der Waals surface area contributed by atoms with Crippen molar-refractivity contribution in [2.24, 2.45) is 0 Å². The minimum Gasteiger partial charge on any atom is -0.489 e. The number of nitrogens with zero attached hydrogens (tertiary/aromatic N) is 4. The van der Waals surface area contributed by atoms with Gasteiger partial charge in [0.1, 0.15) is 29.3 Å². The maximum atomic E-state index is 12.1. The predicted octanol–water partition coefficient (Wildman–Crippen LogP) is 3.44. The number of aromatic nitrogens is 1. The minimum absolute atomic E-state index is 0.131. The van der Waals surface area contributed by atoms with E-state index in [-0.39, 0.29) is 18.3 Å². The number of piperidine rings is 1. The summed E-state index contributed by atoms with van der Waals surface area (Å²) in [4.78, 5) is 20.5. The molecule has 1 aromatic carbocycles. The van der Waals surface area contributed by atoms with Crippen LogP contribution in [0.5, 0.6) is 5.75 Å². The van der Waals surface area contributed by atoms with Crippen LogP contribution in [0.15, 0.2) is 35.4 Å². The lowest BCUT2D eigenvalue weighted by molar-refractivity contribution is 0.0516. The van der Waals surface area contributed by atoms with E-state index in [1.807, 2.05) is 18.7 Å². The largest absolute Gasteiger partial charge is 0.489 e. The smallest absolute Gasteiger partial charge is 0.410 e. The molecule has 2 aliphatic rings. The molecule has 1 saturated heterocycles. The van der Waals surface area contributed by atoms with Crippen LogP contribution in [0.1, 0.15) is 37.8 Å². The third-order valence-corrected chi connectivity index (χ3v) is 7.06. The molecule has 1 amide bonds. The summed E-state index contributed by atoms with van der Waals surface area (Å²) in [5, 5.41) is 9.56. The van der Waals surface area contributed by atoms with Gasteiger partial charge in [-0.3, -0.25) is 0 Å². The van der Waals surface area contributed by atoms with E-state index in [4.69, 9.17) is 9.47 Å². The molecular formula is C24H28N4O5S. The molecule has 0 radical (unpaired) electrons. The molecule has 34 heavy (non-hydrogen) atoms. The number of hydrogen-bond donors (Lipinski definition) is 0. The summed E-state index contributed by atoms with van der Waals surface area (Å²) in [6, 6.07) is 9.01. The van der Waals surface area contributed by atoms with E-state index in [1.54, 1.807) is 29.2 Å². The van der Waals surface area contributed by atoms with Crippen LogP contribution in [0.4, 0.5) is 16.3 Å². The number of carbonyl (C=O) groups is 1. The predicted molar refractivity (Wildman–Crippen MR) is 126 cm³/mol. The molecule has 0 spiro atoms. The molecule has 0 bridgehead atoms. The van der Waals surface area contributed by atoms with E-state index < -0.39 is 9.84 Å². The number of amides is 1. The normalized spacial score (nSPS) is 16.3. The van der Waals surface area contributed by atoms with Crippen molar-refractivity contribution in [1.29, 1.82) is 5.26 Å². The fourth-order valence-corrected chi connectivity index (χ4v) is 4.89. The number of anilines is 2. The molecule has 1 aromatic heterocycles. The van der Waals surface area contributed by atoms with Gasteiger partial charge >= 0.3 is 6.09 Å². The first-order chi connectivity index (χ1) is 16.2. The van der Waals surface area contributed by atoms with E-state index in [1.165, 1.54) is 12.5 Å². The fourth-order valence-electron chi connectivity index (χ4n) is 4.21. The molecule has 3 heterocycles. The molecule has 9 nitrogen and oxygen atoms in total. The summed E-state index contributed by atoms with van der Waals surface area (Å²) >= 11 is 0. The second-order valence-electron chi connectivity index (χ2n) is 8.85. The minimum atomic E-state index is -3.28. The average Bonchev–Trinajstić information content (AvgIpc) is 3.22. The van der Waals surface area contributed by atoms with Gasteiger partial charge in [-0.1, -0.05) is 0 Å². The molecule has 2 aromatic rings. The summed E-state index contributed by atoms with van der Waals surface area (Å²) in [6.07, 6.45) is 4.06. The second-order valence-corrected chi connectivity index (χ2v) is 10.9. The zero-order chi connectivity index (χ0) is 24.5. The monoisotopic (exact) mass is 484 g/mol. The standard InChI is InChI=1S/C24H28N4O5S/c1-16(2)32-24(29)27-9-7-19(8-10-27)33-22-13-23(26-15-18(22)14-25)28-11-6-17-12-20(34(3,30)31)4-5-21(17)28/h4-5,12-13,15-16,19H,6-11H2,1-3H3. The van der Waals surface area contributed by atoms with Crippen molar-refractivity contribution in [3.63, 3.8) is 0 Å². The highest BCUT2D eigenvalue weighted by Gasteiger charge is 2.28. The van der Waals surface area contributed by atoms with Gasteiger partial charge in [0.2, 0.25) is 0 Å². The van der Waals surface area contributed by atoms with E-state index in [0.29, 0.717) is 60.9 Å². The average molecular weight is 485 g/mol. The summed E-state index contributed by atoms with van der Waals surface area (Å²) in [5.41, 5.74) is 2.18. The van der Waals surface area contributed by atoms with Gasteiger partial charge in [0.15, 0.2) is 9.84 Å². The van der Waals surface area contributed by atoms with Gasteiger partial charge in [-0.05, 0) is 44.0 Å². The molecule has 1 fully saturated rings. The van der Waals surface area contributed by atoms with Crippen molar-refractivity contribution in [1.82, 2.24) is 9.88 Å². The Labute approximate surface area is 199 Å². The summed E-state index contributed by atoms with van der Waals surface area (Å²) in [5.74, 6) is 1.09. The van der Waals surface area contributed by atoms with E-state index in [0.717, 1.165) is 11.3 Å². The van der Waals surface area contributed by atoms with Crippen molar-refractivity contribution in [3.8, 4) is 11.8 Å². The lowest BCUT2D eigenvalue weighted by Crippen LogP contribution is -2.42. The maximum Gasteiger partial charge on any atom is 0.410 e. The van der Waals surface area contributed by atoms with Crippen molar-refractivity contribution < 1.29 is 22.7 Å². The van der Waals surface area contributed by atoms with Gasteiger partial charge in [0, 0.05) is 50.5 Å². The van der Waals surface area contributed by atoms with Crippen molar-refractivity contribution in [2.75, 3.05) is 30.8 Å². The second kappa shape index (κ2) is 9.50. The highest BCUT2D eigenvalue weighted by molar-refractivity contribution is 7.90. The molecular weight excluding hydrogens is 456 g/mol. The number of fused-ring (bicyclic) bond motifs is 1. The SMILES string of the molecule is CC(C)OC(=O)N1CCC(Oc2cc(N3CCc4cc(S(C)(=O)=O)ccc43)ncc2C#N)CC1. The number of ether oxygens (including phenoxy) is 2. The lowest BCUT2D eigenvalue weighted by atomic mass is 10.1. The number of sulfone groups is 1. The van der Waals surface area contributed by atoms with Gasteiger partial charge in [-0.2, -0.15) is 5.26 Å². The van der Waals surface area contributed by atoms with Crippen LogP contribution < -0.4 is 9.64 Å². The van der Waals surface area contributed by atoms with Crippen LogP contribution in [0.3, 0.4) is 0 Å². The van der Waals surface area contributed by atoms with Crippen LogP contribution in [-0.2, 0) is 21.0 Å². The first-order valence-electron chi connectivity index (χ1n) is 11.3. The van der Waals surface area contributed by atoms with E-state index in [9.17, 15) is 18.5 Å². The number of hydrogen-bond acceptors (Lipinski definition) is 8. The molecule has 0 aliphatic carbocycles. The highest BCUT2D eigenvalue weighted by Crippen LogP contribution is 2.37. The number of pyridine rings is 1. The van der Waals surface area contributed by atoms with Gasteiger partial charge in [-0.15, -0.1) is 0 Å². The summed E-state index contributed by atoms with van der Waals surface area (Å²) < 4.78 is 35.2. The van der Waals surface area contributed by atoms with Crippen molar-refractivity contribution in [2.45, 2.75) is 50.2 Å². The Bertz CT molecular complexity index is 1230. The lowest BCUT2D eigenvalue weighted by Gasteiger charge is -2.32. The molecule has 4 rings (SSSR count). The molecule has 0 atom stereocenters. The van der Waals surface area contributed by atoms with Gasteiger partial charge < -0.3 is 19.3 Å². The zero-order valence-electron chi connectivity index (χ0n) is 19.5. The summed E-state index contributed by atoms with van der Waals surface area (Å²) in [6.45, 7) is 5.34. The topological polar surface area (TPSA) is 113 Å². The Kier molecular flexibility index (Phi) is 6.66. The maximum absolute atomic E-state index is 12.1. The van der Waals surface area contributed by atoms with Gasteiger partial charge in [0.25, 0.3) is 0 Å². The number of nitriles is 1. The molecule has 10 heteroatoms. The Hall–Kier alpha value is -3.32. The van der Waals surface area contributed by atoms with Crippen LogP contribution >= 0.6 is 0 Å². The highest BCUT2D eigenvalue weighted by atomic mass is 32.2. The Balaban J connectivity index is 1.49. The molecule has 0 N–H and O–H groups in total. The first-order valence-corrected chi connectivity index (χ1v) is 13.2. The van der Waals surface area contributed by atoms with Crippen LogP contribution in [-0.4, -0.2) is 62.5 Å². The number of rotatable bonds is 5. The third-order valence-electron chi connectivity index (χ3n) is 5.95. The Morgan fingerprint density at radius 2 is 1.94 bits per heavy atom. The first kappa shape index (κ1) is 23.8. The van der Waals surface area contributed by atoms with Crippen LogP contribution in [0.25, 0.3) is 0 Å². The van der Waals surface area contributed by atoms with Gasteiger partial charge in [-0.25, -0.2) is 18.2 Å².